The molecule has 7 nitrogen and oxygen atoms in total. The summed E-state index contributed by atoms with van der Waals surface area (Å²) in [5.41, 5.74) is 6.69. The van der Waals surface area contributed by atoms with Crippen LogP contribution in [-0.4, -0.2) is 40.1 Å². The van der Waals surface area contributed by atoms with Crippen molar-refractivity contribution in [1.82, 2.24) is 9.97 Å². The second kappa shape index (κ2) is 9.47. The molecule has 2 aromatic rings. The molecule has 1 aliphatic carbocycles. The summed E-state index contributed by atoms with van der Waals surface area (Å²) in [5.74, 6) is 0.218. The molecule has 1 unspecified atom stereocenters. The Morgan fingerprint density at radius 3 is 2.67 bits per heavy atom. The quantitative estimate of drug-likeness (QED) is 0.735. The number of piperidine rings is 1. The van der Waals surface area contributed by atoms with Crippen LogP contribution in [-0.2, 0) is 4.79 Å². The topological polar surface area (TPSA) is 101 Å². The van der Waals surface area contributed by atoms with Gasteiger partial charge in [0.25, 0.3) is 5.91 Å². The number of thioether (sulfide) groups is 1. The van der Waals surface area contributed by atoms with Crippen LogP contribution in [0.2, 0.25) is 0 Å². The Kier molecular flexibility index (Phi) is 6.52. The van der Waals surface area contributed by atoms with Gasteiger partial charge in [-0.25, -0.2) is 9.97 Å². The lowest BCUT2D eigenvalue weighted by Crippen LogP contribution is -2.41. The number of amides is 2. The molecule has 30 heavy (non-hydrogen) atoms. The van der Waals surface area contributed by atoms with Crippen molar-refractivity contribution < 1.29 is 9.59 Å². The lowest BCUT2D eigenvalue weighted by Gasteiger charge is -2.32. The molecule has 0 bridgehead atoms. The van der Waals surface area contributed by atoms with E-state index in [2.05, 4.69) is 20.2 Å². The van der Waals surface area contributed by atoms with Crippen molar-refractivity contribution in [3.8, 4) is 0 Å². The van der Waals surface area contributed by atoms with E-state index in [4.69, 9.17) is 5.73 Å². The van der Waals surface area contributed by atoms with Crippen molar-refractivity contribution in [2.24, 2.45) is 11.7 Å². The van der Waals surface area contributed by atoms with Crippen molar-refractivity contribution >= 4 is 35.1 Å². The lowest BCUT2D eigenvalue weighted by atomic mass is 9.97. The number of hydrogen-bond donors (Lipinski definition) is 2. The van der Waals surface area contributed by atoms with Crippen molar-refractivity contribution in [3.63, 3.8) is 0 Å². The van der Waals surface area contributed by atoms with Gasteiger partial charge in [0.15, 0.2) is 0 Å². The maximum absolute atomic E-state index is 12.9. The first-order valence-corrected chi connectivity index (χ1v) is 11.4. The van der Waals surface area contributed by atoms with Gasteiger partial charge in [-0.15, -0.1) is 11.8 Å². The number of nitrogens with zero attached hydrogens (tertiary/aromatic N) is 3. The molecule has 1 saturated heterocycles. The molecular formula is C22H27N5O2S. The smallest absolute Gasteiger partial charge is 0.258 e. The van der Waals surface area contributed by atoms with Gasteiger partial charge in [0, 0.05) is 24.5 Å². The van der Waals surface area contributed by atoms with Gasteiger partial charge >= 0.3 is 0 Å². The highest BCUT2D eigenvalue weighted by Crippen LogP contribution is 2.35. The Balaban J connectivity index is 1.41. The van der Waals surface area contributed by atoms with Crippen LogP contribution in [0.4, 0.5) is 11.5 Å². The highest BCUT2D eigenvalue weighted by atomic mass is 32.2. The summed E-state index contributed by atoms with van der Waals surface area (Å²) in [7, 11) is 0. The molecule has 3 heterocycles. The van der Waals surface area contributed by atoms with E-state index in [1.54, 1.807) is 30.2 Å². The summed E-state index contributed by atoms with van der Waals surface area (Å²) in [6, 6.07) is 7.32. The number of primary amides is 1. The van der Waals surface area contributed by atoms with E-state index in [-0.39, 0.29) is 17.7 Å². The fourth-order valence-electron chi connectivity index (χ4n) is 4.08. The molecule has 2 aromatic heterocycles. The number of nitrogens with one attached hydrogen (secondary N) is 1. The van der Waals surface area contributed by atoms with Crippen LogP contribution < -0.4 is 16.0 Å². The zero-order chi connectivity index (χ0) is 20.9. The maximum atomic E-state index is 12.9. The summed E-state index contributed by atoms with van der Waals surface area (Å²) < 4.78 is 0. The van der Waals surface area contributed by atoms with E-state index in [9.17, 15) is 9.59 Å². The normalized spacial score (nSPS) is 19.6. The number of anilines is 2. The highest BCUT2D eigenvalue weighted by molar-refractivity contribution is 7.99. The fourth-order valence-corrected chi connectivity index (χ4v) is 5.38. The number of carbonyl (C=O) groups excluding carboxylic acids is 2. The third kappa shape index (κ3) is 4.92. The molecule has 3 N–H and O–H groups in total. The van der Waals surface area contributed by atoms with Crippen molar-refractivity contribution in [3.05, 3.63) is 42.2 Å². The minimum atomic E-state index is -0.258. The first kappa shape index (κ1) is 20.7. The van der Waals surface area contributed by atoms with Crippen molar-refractivity contribution in [2.45, 2.75) is 48.8 Å². The monoisotopic (exact) mass is 425 g/mol. The number of pyridine rings is 2. The molecule has 2 amide bonds. The number of nitrogens with two attached hydrogens (primary N) is 1. The van der Waals surface area contributed by atoms with Crippen LogP contribution in [0, 0.1) is 5.92 Å². The van der Waals surface area contributed by atoms with Crippen LogP contribution >= 0.6 is 11.8 Å². The second-order valence-corrected chi connectivity index (χ2v) is 9.22. The molecule has 0 spiro atoms. The fraction of sp³-hybridized carbons (Fsp3) is 0.455. The van der Waals surface area contributed by atoms with E-state index in [1.807, 2.05) is 18.2 Å². The van der Waals surface area contributed by atoms with Gasteiger partial charge in [-0.2, -0.15) is 0 Å². The summed E-state index contributed by atoms with van der Waals surface area (Å²) in [5, 5.41) is 4.27. The zero-order valence-corrected chi connectivity index (χ0v) is 17.7. The minimum Gasteiger partial charge on any atom is -0.369 e. The van der Waals surface area contributed by atoms with Gasteiger partial charge in [-0.05, 0) is 49.9 Å². The average molecular weight is 426 g/mol. The van der Waals surface area contributed by atoms with Gasteiger partial charge in [0.2, 0.25) is 5.91 Å². The molecule has 1 saturated carbocycles. The van der Waals surface area contributed by atoms with Crippen LogP contribution in [0.25, 0.3) is 0 Å². The van der Waals surface area contributed by atoms with Gasteiger partial charge in [0.1, 0.15) is 10.8 Å². The van der Waals surface area contributed by atoms with Gasteiger partial charge in [-0.3, -0.25) is 9.59 Å². The molecule has 2 fully saturated rings. The van der Waals surface area contributed by atoms with E-state index in [0.29, 0.717) is 23.0 Å². The third-order valence-corrected chi connectivity index (χ3v) is 7.10. The Morgan fingerprint density at radius 2 is 1.93 bits per heavy atom. The Hall–Kier alpha value is -2.61. The van der Waals surface area contributed by atoms with Crippen LogP contribution in [0.15, 0.2) is 41.7 Å². The molecule has 8 heteroatoms. The third-order valence-electron chi connectivity index (χ3n) is 5.75. The van der Waals surface area contributed by atoms with E-state index in [1.165, 1.54) is 25.7 Å². The summed E-state index contributed by atoms with van der Waals surface area (Å²) in [4.78, 5) is 35.4. The minimum absolute atomic E-state index is 0.138. The first-order valence-electron chi connectivity index (χ1n) is 10.5. The Morgan fingerprint density at radius 1 is 1.10 bits per heavy atom. The second-order valence-electron chi connectivity index (χ2n) is 7.93. The molecule has 1 aliphatic heterocycles. The summed E-state index contributed by atoms with van der Waals surface area (Å²) in [6.07, 6.45) is 10.00. The number of aromatic nitrogens is 2. The lowest BCUT2D eigenvalue weighted by molar-refractivity contribution is -0.122. The molecule has 1 atom stereocenters. The first-order chi connectivity index (χ1) is 14.6. The predicted octanol–water partition coefficient (Wildman–Crippen LogP) is 3.47. The average Bonchev–Trinajstić information content (AvgIpc) is 3.28. The molecule has 158 valence electrons. The number of carbonyl (C=O) groups is 2. The molecule has 4 rings (SSSR count). The molecule has 0 aromatic carbocycles. The number of rotatable bonds is 6. The van der Waals surface area contributed by atoms with Gasteiger partial charge in [0.05, 0.1) is 23.4 Å². The molecule has 0 radical (unpaired) electrons. The Bertz CT molecular complexity index is 899. The summed E-state index contributed by atoms with van der Waals surface area (Å²) in [6.45, 7) is 1.44. The van der Waals surface area contributed by atoms with Crippen LogP contribution in [0.1, 0.15) is 48.9 Å². The SMILES string of the molecule is NC(=O)C1CCCN(c2ccc(NC(=O)c3cccnc3SC3CCCC3)cn2)C1. The zero-order valence-electron chi connectivity index (χ0n) is 16.9. The Labute approximate surface area is 180 Å². The van der Waals surface area contributed by atoms with Gasteiger partial charge < -0.3 is 16.0 Å². The maximum Gasteiger partial charge on any atom is 0.258 e. The largest absolute Gasteiger partial charge is 0.369 e. The van der Waals surface area contributed by atoms with Crippen LogP contribution in [0.3, 0.4) is 0 Å². The van der Waals surface area contributed by atoms with E-state index < -0.39 is 0 Å². The number of hydrogen-bond acceptors (Lipinski definition) is 6. The van der Waals surface area contributed by atoms with Gasteiger partial charge in [-0.1, -0.05) is 12.8 Å². The summed E-state index contributed by atoms with van der Waals surface area (Å²) >= 11 is 1.71. The van der Waals surface area contributed by atoms with Crippen LogP contribution in [0.5, 0.6) is 0 Å². The predicted molar refractivity (Wildman–Crippen MR) is 119 cm³/mol. The van der Waals surface area contributed by atoms with Crippen molar-refractivity contribution in [1.29, 1.82) is 0 Å². The molecular weight excluding hydrogens is 398 g/mol. The van der Waals surface area contributed by atoms with E-state index >= 15 is 0 Å². The molecule has 2 aliphatic rings. The highest BCUT2D eigenvalue weighted by Gasteiger charge is 2.25. The van der Waals surface area contributed by atoms with Crippen molar-refractivity contribution in [2.75, 3.05) is 23.3 Å². The standard InChI is InChI=1S/C22H27N5O2S/c23-20(28)15-5-4-12-27(14-15)19-10-9-16(13-25-19)26-21(29)18-8-3-11-24-22(18)30-17-6-1-2-7-17/h3,8-11,13,15,17H,1-2,4-7,12,14H2,(H2,23,28)(H,26,29). The van der Waals surface area contributed by atoms with E-state index in [0.717, 1.165) is 30.2 Å².